The first-order chi connectivity index (χ1) is 3.68. The Morgan fingerprint density at radius 2 is 2.00 bits per heavy atom. The van der Waals surface area contributed by atoms with E-state index in [1.54, 1.807) is 0 Å². The summed E-state index contributed by atoms with van der Waals surface area (Å²) in [6, 6.07) is 0. The van der Waals surface area contributed by atoms with Gasteiger partial charge in [0.2, 0.25) is 0 Å². The molecule has 8 heavy (non-hydrogen) atoms. The molecule has 0 saturated carbocycles. The van der Waals surface area contributed by atoms with Crippen molar-refractivity contribution in [2.24, 2.45) is 5.92 Å². The maximum Gasteiger partial charge on any atom is 0.0653 e. The van der Waals surface area contributed by atoms with Crippen LogP contribution >= 0.6 is 12.6 Å². The van der Waals surface area contributed by atoms with Gasteiger partial charge in [0.1, 0.15) is 0 Å². The van der Waals surface area contributed by atoms with Crippen molar-refractivity contribution in [2.45, 2.75) is 31.8 Å². The number of hydrogen-bond acceptors (Lipinski definition) is 1. The van der Waals surface area contributed by atoms with Crippen molar-refractivity contribution < 1.29 is 0 Å². The highest BCUT2D eigenvalue weighted by Crippen LogP contribution is 2.13. The van der Waals surface area contributed by atoms with Crippen LogP contribution < -0.4 is 0 Å². The molecular weight excluding hydrogens is 115 g/mol. The van der Waals surface area contributed by atoms with Crippen molar-refractivity contribution >= 4 is 20.5 Å². The lowest BCUT2D eigenvalue weighted by Gasteiger charge is -2.12. The van der Waals surface area contributed by atoms with E-state index in [-0.39, 0.29) is 0 Å². The normalized spacial score (nSPS) is 17.9. The molecule has 0 rings (SSSR count). The van der Waals surface area contributed by atoms with Gasteiger partial charge in [-0.1, -0.05) is 26.6 Å². The summed E-state index contributed by atoms with van der Waals surface area (Å²) in [6.45, 7) is 4.27. The van der Waals surface area contributed by atoms with Crippen LogP contribution in [0, 0.1) is 5.92 Å². The molecular formula is C6H13BS. The van der Waals surface area contributed by atoms with Gasteiger partial charge in [0.25, 0.3) is 0 Å². The molecule has 2 unspecified atom stereocenters. The number of thiol groups is 1. The first-order valence-electron chi connectivity index (χ1n) is 3.06. The van der Waals surface area contributed by atoms with Gasteiger partial charge in [-0.15, -0.1) is 0 Å². The summed E-state index contributed by atoms with van der Waals surface area (Å²) in [7, 11) is 5.33. The molecule has 0 N–H and O–H groups in total. The predicted octanol–water partition coefficient (Wildman–Crippen LogP) is 1.92. The maximum absolute atomic E-state index is 5.33. The van der Waals surface area contributed by atoms with Crippen molar-refractivity contribution in [2.75, 3.05) is 0 Å². The highest BCUT2D eigenvalue weighted by Gasteiger charge is 2.04. The highest BCUT2D eigenvalue weighted by atomic mass is 32.1. The first kappa shape index (κ1) is 8.41. The fourth-order valence-electron chi connectivity index (χ4n) is 0.504. The zero-order chi connectivity index (χ0) is 6.57. The van der Waals surface area contributed by atoms with Gasteiger partial charge in [0, 0.05) is 5.25 Å². The minimum absolute atomic E-state index is 0.485. The number of hydrogen-bond donors (Lipinski definition) is 1. The number of rotatable bonds is 3. The second-order valence-corrected chi connectivity index (χ2v) is 3.11. The molecule has 0 aromatic heterocycles. The molecule has 0 aliphatic rings. The lowest BCUT2D eigenvalue weighted by atomic mass is 9.93. The first-order valence-corrected chi connectivity index (χ1v) is 3.58. The molecule has 2 atom stereocenters. The average molecular weight is 128 g/mol. The third-order valence-corrected chi connectivity index (χ3v) is 1.95. The van der Waals surface area contributed by atoms with E-state index in [1.165, 1.54) is 0 Å². The van der Waals surface area contributed by atoms with E-state index in [4.69, 9.17) is 7.85 Å². The molecule has 0 heterocycles. The Balaban J connectivity index is 3.17. The molecule has 0 aromatic carbocycles. The van der Waals surface area contributed by atoms with E-state index in [2.05, 4.69) is 26.5 Å². The summed E-state index contributed by atoms with van der Waals surface area (Å²) >= 11 is 4.27. The molecule has 0 amide bonds. The van der Waals surface area contributed by atoms with Crippen LogP contribution in [0.5, 0.6) is 0 Å². The molecule has 0 aliphatic carbocycles. The summed E-state index contributed by atoms with van der Waals surface area (Å²) in [4.78, 5) is 0. The van der Waals surface area contributed by atoms with Crippen LogP contribution in [0.4, 0.5) is 0 Å². The second kappa shape index (κ2) is 4.31. The van der Waals surface area contributed by atoms with Gasteiger partial charge in [-0.05, 0) is 5.92 Å². The Morgan fingerprint density at radius 1 is 1.50 bits per heavy atom. The van der Waals surface area contributed by atoms with E-state index in [0.717, 1.165) is 12.7 Å². The second-order valence-electron chi connectivity index (χ2n) is 2.30. The van der Waals surface area contributed by atoms with Gasteiger partial charge in [-0.3, -0.25) is 0 Å². The van der Waals surface area contributed by atoms with Crippen LogP contribution in [-0.2, 0) is 0 Å². The summed E-state index contributed by atoms with van der Waals surface area (Å²) < 4.78 is 0. The smallest absolute Gasteiger partial charge is 0.0653 e. The largest absolute Gasteiger partial charge is 0.176 e. The Hall–Kier alpha value is 0.415. The van der Waals surface area contributed by atoms with Crippen LogP contribution in [0.3, 0.4) is 0 Å². The van der Waals surface area contributed by atoms with Gasteiger partial charge < -0.3 is 0 Å². The minimum Gasteiger partial charge on any atom is -0.176 e. The molecule has 2 radical (unpaired) electrons. The fourth-order valence-corrected chi connectivity index (χ4v) is 0.653. The maximum atomic E-state index is 5.33. The Labute approximate surface area is 58.9 Å². The third kappa shape index (κ3) is 3.42. The standard InChI is InChI=1S/C6H13BS/c1-5(3-4-7)6(2)8/h5-6,8H,3-4H2,1-2H3. The van der Waals surface area contributed by atoms with E-state index < -0.39 is 0 Å². The van der Waals surface area contributed by atoms with Crippen molar-refractivity contribution in [3.63, 3.8) is 0 Å². The van der Waals surface area contributed by atoms with Crippen LogP contribution in [0.15, 0.2) is 0 Å². The molecule has 0 nitrogen and oxygen atoms in total. The van der Waals surface area contributed by atoms with Crippen LogP contribution in [0.1, 0.15) is 20.3 Å². The Kier molecular flexibility index (Phi) is 4.53. The summed E-state index contributed by atoms with van der Waals surface area (Å²) in [5, 5.41) is 0.485. The summed E-state index contributed by atoms with van der Waals surface area (Å²) in [5.74, 6) is 0.656. The topological polar surface area (TPSA) is 0 Å². The van der Waals surface area contributed by atoms with Crippen molar-refractivity contribution in [3.05, 3.63) is 0 Å². The minimum atomic E-state index is 0.485. The summed E-state index contributed by atoms with van der Waals surface area (Å²) in [6.07, 6.45) is 1.87. The Bertz CT molecular complexity index is 54.5. The van der Waals surface area contributed by atoms with E-state index >= 15 is 0 Å². The van der Waals surface area contributed by atoms with Gasteiger partial charge in [-0.25, -0.2) is 0 Å². The summed E-state index contributed by atoms with van der Waals surface area (Å²) in [5.41, 5.74) is 0. The van der Waals surface area contributed by atoms with Gasteiger partial charge in [0.15, 0.2) is 0 Å². The molecule has 0 saturated heterocycles. The monoisotopic (exact) mass is 128 g/mol. The predicted molar refractivity (Wildman–Crippen MR) is 42.8 cm³/mol. The zero-order valence-electron chi connectivity index (χ0n) is 5.59. The average Bonchev–Trinajstić information content (AvgIpc) is 1.67. The van der Waals surface area contributed by atoms with Crippen molar-refractivity contribution in [3.8, 4) is 0 Å². The lowest BCUT2D eigenvalue weighted by Crippen LogP contribution is -2.05. The van der Waals surface area contributed by atoms with Crippen LogP contribution in [0.25, 0.3) is 0 Å². The third-order valence-electron chi connectivity index (χ3n) is 1.45. The van der Waals surface area contributed by atoms with Crippen LogP contribution in [0.2, 0.25) is 6.32 Å². The van der Waals surface area contributed by atoms with Crippen LogP contribution in [-0.4, -0.2) is 13.1 Å². The quantitative estimate of drug-likeness (QED) is 0.435. The van der Waals surface area contributed by atoms with E-state index in [9.17, 15) is 0 Å². The molecule has 0 spiro atoms. The molecule has 2 heteroatoms. The van der Waals surface area contributed by atoms with Gasteiger partial charge >= 0.3 is 0 Å². The van der Waals surface area contributed by atoms with Gasteiger partial charge in [-0.2, -0.15) is 12.6 Å². The van der Waals surface area contributed by atoms with E-state index in [1.807, 2.05) is 0 Å². The molecule has 46 valence electrons. The zero-order valence-corrected chi connectivity index (χ0v) is 6.49. The lowest BCUT2D eigenvalue weighted by molar-refractivity contribution is 0.560. The highest BCUT2D eigenvalue weighted by molar-refractivity contribution is 7.80. The fraction of sp³-hybridized carbons (Fsp3) is 1.00. The molecule has 0 bridgehead atoms. The van der Waals surface area contributed by atoms with E-state index in [0.29, 0.717) is 11.2 Å². The molecule has 0 fully saturated rings. The van der Waals surface area contributed by atoms with Crippen molar-refractivity contribution in [1.82, 2.24) is 0 Å². The van der Waals surface area contributed by atoms with Crippen molar-refractivity contribution in [1.29, 1.82) is 0 Å². The van der Waals surface area contributed by atoms with Gasteiger partial charge in [0.05, 0.1) is 7.85 Å². The molecule has 0 aliphatic heterocycles. The SMILES string of the molecule is [B]CCC(C)C(C)S. The Morgan fingerprint density at radius 3 is 2.12 bits per heavy atom. The molecule has 0 aromatic rings.